The molecule has 0 aliphatic carbocycles. The molecule has 0 aromatic heterocycles. The minimum absolute atomic E-state index is 0.146. The van der Waals surface area contributed by atoms with Crippen LogP contribution in [0.15, 0.2) is 12.2 Å². The van der Waals surface area contributed by atoms with Crippen molar-refractivity contribution in [2.75, 3.05) is 0 Å². The van der Waals surface area contributed by atoms with E-state index in [1.165, 1.54) is 0 Å². The third kappa shape index (κ3) is 0.633. The van der Waals surface area contributed by atoms with Gasteiger partial charge < -0.3 is 4.74 Å². The molecule has 38 valence electrons. The van der Waals surface area contributed by atoms with Gasteiger partial charge in [0.25, 0.3) is 0 Å². The van der Waals surface area contributed by atoms with Crippen LogP contribution in [0, 0.1) is 0 Å². The Kier molecular flexibility index (Phi) is 0.680. The van der Waals surface area contributed by atoms with Crippen LogP contribution in [0.5, 0.6) is 0 Å². The third-order valence-corrected chi connectivity index (χ3v) is 0.838. The highest BCUT2D eigenvalue weighted by molar-refractivity contribution is 5.90. The lowest BCUT2D eigenvalue weighted by Gasteiger charge is -1.76. The van der Waals surface area contributed by atoms with Gasteiger partial charge in [0.2, 0.25) is 6.10 Å². The maximum Gasteiger partial charge on any atom is 0.353 e. The van der Waals surface area contributed by atoms with Crippen LogP contribution in [0.2, 0.25) is 0 Å². The Morgan fingerprint density at radius 1 is 2.00 bits per heavy atom. The predicted octanol–water partition coefficient (Wildman–Crippen LogP) is 0.488. The van der Waals surface area contributed by atoms with Gasteiger partial charge >= 0.3 is 5.97 Å². The van der Waals surface area contributed by atoms with Crippen LogP contribution in [0.1, 0.15) is 6.92 Å². The summed E-state index contributed by atoms with van der Waals surface area (Å²) in [6.07, 6.45) is -0.264. The van der Waals surface area contributed by atoms with Gasteiger partial charge in [-0.15, -0.1) is 0 Å². The fourth-order valence-electron chi connectivity index (χ4n) is 0.384. The van der Waals surface area contributed by atoms with Crippen molar-refractivity contribution in [3.8, 4) is 0 Å². The molecule has 7 heavy (non-hydrogen) atoms. The van der Waals surface area contributed by atoms with Crippen molar-refractivity contribution in [3.05, 3.63) is 12.2 Å². The number of ether oxygens (including phenoxy) is 1. The second-order valence-electron chi connectivity index (χ2n) is 1.66. The van der Waals surface area contributed by atoms with E-state index in [9.17, 15) is 4.79 Å². The van der Waals surface area contributed by atoms with Crippen LogP contribution in [-0.2, 0) is 9.53 Å². The van der Waals surface area contributed by atoms with E-state index in [2.05, 4.69) is 11.3 Å². The van der Waals surface area contributed by atoms with Crippen molar-refractivity contribution in [2.45, 2.75) is 13.0 Å². The van der Waals surface area contributed by atoms with Gasteiger partial charge in [-0.25, -0.2) is 4.79 Å². The Balaban J connectivity index is 2.48. The first-order valence-electron chi connectivity index (χ1n) is 2.07. The fourth-order valence-corrected chi connectivity index (χ4v) is 0.384. The van der Waals surface area contributed by atoms with E-state index in [1.807, 2.05) is 0 Å². The fraction of sp³-hybridized carbons (Fsp3) is 0.400. The molecule has 1 heterocycles. The number of hydrogen-bond donors (Lipinski definition) is 0. The monoisotopic (exact) mass is 98.0 g/mol. The summed E-state index contributed by atoms with van der Waals surface area (Å²) in [5.41, 5.74) is 0.796. The van der Waals surface area contributed by atoms with Crippen molar-refractivity contribution in [1.82, 2.24) is 0 Å². The molecule has 0 aromatic rings. The van der Waals surface area contributed by atoms with E-state index in [0.717, 1.165) is 5.57 Å². The topological polar surface area (TPSA) is 29.6 Å². The zero-order valence-electron chi connectivity index (χ0n) is 4.10. The lowest BCUT2D eigenvalue weighted by Crippen LogP contribution is -1.84. The molecule has 0 amide bonds. The number of cyclic esters (lactones) is 1. The summed E-state index contributed by atoms with van der Waals surface area (Å²) in [7, 11) is 0. The summed E-state index contributed by atoms with van der Waals surface area (Å²) in [6.45, 7) is 5.30. The van der Waals surface area contributed by atoms with E-state index in [1.54, 1.807) is 6.92 Å². The van der Waals surface area contributed by atoms with Crippen molar-refractivity contribution < 1.29 is 9.53 Å². The number of epoxide rings is 1. The molecule has 0 N–H and O–H groups in total. The molecule has 0 bridgehead atoms. The van der Waals surface area contributed by atoms with Crippen molar-refractivity contribution in [3.63, 3.8) is 0 Å². The first kappa shape index (κ1) is 4.37. The molecule has 1 aliphatic heterocycles. The first-order chi connectivity index (χ1) is 3.22. The van der Waals surface area contributed by atoms with E-state index in [-0.39, 0.29) is 12.1 Å². The molecule has 1 fully saturated rings. The van der Waals surface area contributed by atoms with Gasteiger partial charge in [-0.2, -0.15) is 0 Å². The van der Waals surface area contributed by atoms with E-state index in [4.69, 9.17) is 0 Å². The van der Waals surface area contributed by atoms with Crippen LogP contribution in [0.4, 0.5) is 0 Å². The summed E-state index contributed by atoms with van der Waals surface area (Å²) in [6, 6.07) is 0. The summed E-state index contributed by atoms with van der Waals surface area (Å²) in [4.78, 5) is 10.0. The van der Waals surface area contributed by atoms with E-state index < -0.39 is 0 Å². The highest BCUT2D eigenvalue weighted by Crippen LogP contribution is 2.18. The average Bonchev–Trinajstić information content (AvgIpc) is 2.17. The average molecular weight is 98.1 g/mol. The summed E-state index contributed by atoms with van der Waals surface area (Å²) < 4.78 is 4.44. The SMILES string of the molecule is C=C(C)C1OC1=O. The van der Waals surface area contributed by atoms with E-state index >= 15 is 0 Å². The predicted molar refractivity (Wildman–Crippen MR) is 24.7 cm³/mol. The molecule has 1 unspecified atom stereocenters. The number of carbonyl (C=O) groups excluding carboxylic acids is 1. The summed E-state index contributed by atoms with van der Waals surface area (Å²) in [5.74, 6) is -0.146. The van der Waals surface area contributed by atoms with Crippen LogP contribution in [0.25, 0.3) is 0 Å². The molecule has 0 radical (unpaired) electrons. The molecule has 0 saturated carbocycles. The highest BCUT2D eigenvalue weighted by Gasteiger charge is 2.38. The smallest absolute Gasteiger partial charge is 0.353 e. The number of hydrogen-bond acceptors (Lipinski definition) is 2. The van der Waals surface area contributed by atoms with E-state index in [0.29, 0.717) is 0 Å². The van der Waals surface area contributed by atoms with Gasteiger partial charge in [-0.1, -0.05) is 6.58 Å². The first-order valence-corrected chi connectivity index (χ1v) is 2.07. The second kappa shape index (κ2) is 1.09. The standard InChI is InChI=1S/C5H6O2/c1-3(2)4-5(6)7-4/h4H,1H2,2H3. The van der Waals surface area contributed by atoms with Gasteiger partial charge in [-0.3, -0.25) is 0 Å². The molecule has 2 heteroatoms. The lowest BCUT2D eigenvalue weighted by molar-refractivity contribution is -0.117. The quantitative estimate of drug-likeness (QED) is 0.353. The molecule has 1 saturated heterocycles. The Hall–Kier alpha value is -0.790. The summed E-state index contributed by atoms with van der Waals surface area (Å²) >= 11 is 0. The van der Waals surface area contributed by atoms with Crippen LogP contribution >= 0.6 is 0 Å². The zero-order chi connectivity index (χ0) is 5.44. The van der Waals surface area contributed by atoms with Gasteiger partial charge in [0.1, 0.15) is 0 Å². The normalized spacial score (nSPS) is 26.4. The van der Waals surface area contributed by atoms with Gasteiger partial charge in [0.05, 0.1) is 0 Å². The number of carbonyl (C=O) groups is 1. The lowest BCUT2D eigenvalue weighted by atomic mass is 10.3. The molecule has 0 aromatic carbocycles. The summed E-state index contributed by atoms with van der Waals surface area (Å²) in [5, 5.41) is 0. The molecule has 1 aliphatic rings. The van der Waals surface area contributed by atoms with Crippen LogP contribution in [-0.4, -0.2) is 12.1 Å². The molecular weight excluding hydrogens is 92.1 g/mol. The molecule has 2 nitrogen and oxygen atoms in total. The molecule has 1 atom stereocenters. The Bertz CT molecular complexity index is 126. The largest absolute Gasteiger partial charge is 0.443 e. The van der Waals surface area contributed by atoms with Crippen molar-refractivity contribution in [2.24, 2.45) is 0 Å². The van der Waals surface area contributed by atoms with Gasteiger partial charge in [0.15, 0.2) is 0 Å². The Labute approximate surface area is 41.8 Å². The molecular formula is C5H6O2. The Morgan fingerprint density at radius 3 is 2.43 bits per heavy atom. The molecule has 1 rings (SSSR count). The van der Waals surface area contributed by atoms with Gasteiger partial charge in [-0.05, 0) is 12.5 Å². The molecule has 0 spiro atoms. The Morgan fingerprint density at radius 2 is 2.43 bits per heavy atom. The zero-order valence-corrected chi connectivity index (χ0v) is 4.10. The maximum absolute atomic E-state index is 10.0. The second-order valence-corrected chi connectivity index (χ2v) is 1.66. The van der Waals surface area contributed by atoms with Crippen LogP contribution < -0.4 is 0 Å². The maximum atomic E-state index is 10.0. The highest BCUT2D eigenvalue weighted by atomic mass is 16.6. The minimum Gasteiger partial charge on any atom is -0.443 e. The van der Waals surface area contributed by atoms with Crippen LogP contribution in [0.3, 0.4) is 0 Å². The van der Waals surface area contributed by atoms with Crippen molar-refractivity contribution in [1.29, 1.82) is 0 Å². The third-order valence-electron chi connectivity index (χ3n) is 0.838. The van der Waals surface area contributed by atoms with Gasteiger partial charge in [0, 0.05) is 0 Å². The minimum atomic E-state index is -0.264. The number of rotatable bonds is 1. The van der Waals surface area contributed by atoms with Crippen molar-refractivity contribution >= 4 is 5.97 Å².